The van der Waals surface area contributed by atoms with E-state index in [1.165, 1.54) is 0 Å². The molecule has 1 heterocycles. The summed E-state index contributed by atoms with van der Waals surface area (Å²) in [5.41, 5.74) is 6.68. The zero-order valence-corrected chi connectivity index (χ0v) is 11.5. The van der Waals surface area contributed by atoms with E-state index in [9.17, 15) is 0 Å². The Balaban J connectivity index is 2.27. The zero-order chi connectivity index (χ0) is 13.9. The molecule has 1 atom stereocenters. The average Bonchev–Trinajstić information content (AvgIpc) is 2.90. The van der Waals surface area contributed by atoms with Crippen LogP contribution >= 0.6 is 0 Å². The lowest BCUT2D eigenvalue weighted by Gasteiger charge is -2.20. The molecule has 0 radical (unpaired) electrons. The fourth-order valence-electron chi connectivity index (χ4n) is 1.87. The second-order valence-corrected chi connectivity index (χ2v) is 5.01. The van der Waals surface area contributed by atoms with Crippen LogP contribution in [-0.4, -0.2) is 23.9 Å². The molecular formula is C14H19N3O2. The number of methoxy groups -OCH3 is 1. The quantitative estimate of drug-likeness (QED) is 0.891. The van der Waals surface area contributed by atoms with Crippen LogP contribution in [0.3, 0.4) is 0 Å². The Morgan fingerprint density at radius 3 is 2.63 bits per heavy atom. The Morgan fingerprint density at radius 2 is 2.00 bits per heavy atom. The van der Waals surface area contributed by atoms with Gasteiger partial charge in [-0.1, -0.05) is 35.5 Å². The van der Waals surface area contributed by atoms with Crippen molar-refractivity contribution in [3.8, 4) is 0 Å². The lowest BCUT2D eigenvalue weighted by Crippen LogP contribution is -2.21. The summed E-state index contributed by atoms with van der Waals surface area (Å²) in [5.74, 6) is 1.03. The third-order valence-electron chi connectivity index (χ3n) is 3.16. The summed E-state index contributed by atoms with van der Waals surface area (Å²) in [7, 11) is 1.59. The largest absolute Gasteiger partial charge is 0.383 e. The minimum absolute atomic E-state index is 0.324. The fraction of sp³-hybridized carbons (Fsp3) is 0.429. The number of rotatable bonds is 5. The third kappa shape index (κ3) is 2.83. The first-order valence-corrected chi connectivity index (χ1v) is 6.20. The monoisotopic (exact) mass is 261 g/mol. The molecule has 2 rings (SSSR count). The maximum atomic E-state index is 5.88. The number of nitrogens with zero attached hydrogens (tertiary/aromatic N) is 2. The Hall–Kier alpha value is -1.72. The number of aromatic nitrogens is 2. The van der Waals surface area contributed by atoms with Crippen molar-refractivity contribution < 1.29 is 9.26 Å². The van der Waals surface area contributed by atoms with Gasteiger partial charge in [0.05, 0.1) is 12.0 Å². The molecule has 19 heavy (non-hydrogen) atoms. The van der Waals surface area contributed by atoms with Gasteiger partial charge in [0, 0.05) is 7.11 Å². The molecule has 5 nitrogen and oxygen atoms in total. The molecule has 0 fully saturated rings. The minimum atomic E-state index is -0.391. The van der Waals surface area contributed by atoms with Crippen molar-refractivity contribution in [2.24, 2.45) is 5.73 Å². The molecule has 0 aliphatic heterocycles. The summed E-state index contributed by atoms with van der Waals surface area (Å²) in [5, 5.41) is 4.05. The van der Waals surface area contributed by atoms with Gasteiger partial charge in [-0.15, -0.1) is 0 Å². The standard InChI is InChI=1S/C14H19N3O2/c1-14(2,10-7-5-4-6-8-10)13-16-12(19-17-13)11(15)9-18-3/h4-8,11H,9,15H2,1-3H3. The highest BCUT2D eigenvalue weighted by molar-refractivity contribution is 5.30. The maximum absolute atomic E-state index is 5.88. The Kier molecular flexibility index (Phi) is 3.97. The predicted molar refractivity (Wildman–Crippen MR) is 71.7 cm³/mol. The van der Waals surface area contributed by atoms with Crippen LogP contribution < -0.4 is 5.73 Å². The third-order valence-corrected chi connectivity index (χ3v) is 3.16. The maximum Gasteiger partial charge on any atom is 0.245 e. The molecule has 0 spiro atoms. The molecular weight excluding hydrogens is 242 g/mol. The normalized spacial score (nSPS) is 13.5. The van der Waals surface area contributed by atoms with E-state index in [4.69, 9.17) is 15.0 Å². The fourth-order valence-corrected chi connectivity index (χ4v) is 1.87. The number of nitrogens with two attached hydrogens (primary N) is 1. The Labute approximate surface area is 112 Å². The topological polar surface area (TPSA) is 74.2 Å². The Bertz CT molecular complexity index is 522. The van der Waals surface area contributed by atoms with Crippen LogP contribution in [0.15, 0.2) is 34.9 Å². The average molecular weight is 261 g/mol. The number of hydrogen-bond acceptors (Lipinski definition) is 5. The predicted octanol–water partition coefficient (Wildman–Crippen LogP) is 2.04. The molecule has 1 aromatic heterocycles. The van der Waals surface area contributed by atoms with E-state index >= 15 is 0 Å². The van der Waals surface area contributed by atoms with E-state index in [-0.39, 0.29) is 5.41 Å². The van der Waals surface area contributed by atoms with Crippen molar-refractivity contribution in [2.75, 3.05) is 13.7 Å². The van der Waals surface area contributed by atoms with E-state index in [1.54, 1.807) is 7.11 Å². The summed E-state index contributed by atoms with van der Waals surface area (Å²) in [6.07, 6.45) is 0. The van der Waals surface area contributed by atoms with E-state index in [2.05, 4.69) is 24.0 Å². The van der Waals surface area contributed by atoms with Gasteiger partial charge in [0.2, 0.25) is 5.89 Å². The molecule has 5 heteroatoms. The van der Waals surface area contributed by atoms with Gasteiger partial charge in [0.25, 0.3) is 0 Å². The van der Waals surface area contributed by atoms with Crippen LogP contribution in [0.1, 0.15) is 37.2 Å². The van der Waals surface area contributed by atoms with E-state index in [1.807, 2.05) is 30.3 Å². The van der Waals surface area contributed by atoms with Gasteiger partial charge in [-0.3, -0.25) is 0 Å². The summed E-state index contributed by atoms with van der Waals surface area (Å²) in [6, 6.07) is 9.67. The van der Waals surface area contributed by atoms with Gasteiger partial charge in [0.1, 0.15) is 6.04 Å². The first-order chi connectivity index (χ1) is 9.05. The SMILES string of the molecule is COCC(N)c1nc(C(C)(C)c2ccccc2)no1. The minimum Gasteiger partial charge on any atom is -0.383 e. The molecule has 0 bridgehead atoms. The van der Waals surface area contributed by atoms with Gasteiger partial charge in [-0.05, 0) is 19.4 Å². The first-order valence-electron chi connectivity index (χ1n) is 6.20. The van der Waals surface area contributed by atoms with E-state index < -0.39 is 6.04 Å². The van der Waals surface area contributed by atoms with Gasteiger partial charge < -0.3 is 15.0 Å². The molecule has 102 valence electrons. The van der Waals surface area contributed by atoms with Crippen molar-refractivity contribution >= 4 is 0 Å². The van der Waals surface area contributed by atoms with Gasteiger partial charge in [0.15, 0.2) is 5.82 Å². The molecule has 0 aliphatic carbocycles. The molecule has 0 amide bonds. The van der Waals surface area contributed by atoms with Crippen molar-refractivity contribution in [3.63, 3.8) is 0 Å². The second kappa shape index (κ2) is 5.50. The van der Waals surface area contributed by atoms with Crippen molar-refractivity contribution in [1.82, 2.24) is 10.1 Å². The molecule has 0 saturated carbocycles. The molecule has 1 aromatic carbocycles. The van der Waals surface area contributed by atoms with Crippen molar-refractivity contribution in [2.45, 2.75) is 25.3 Å². The van der Waals surface area contributed by atoms with Crippen LogP contribution in [0.5, 0.6) is 0 Å². The highest BCUT2D eigenvalue weighted by Gasteiger charge is 2.29. The highest BCUT2D eigenvalue weighted by Crippen LogP contribution is 2.29. The lowest BCUT2D eigenvalue weighted by molar-refractivity contribution is 0.166. The smallest absolute Gasteiger partial charge is 0.245 e. The van der Waals surface area contributed by atoms with Gasteiger partial charge in [-0.2, -0.15) is 4.98 Å². The summed E-state index contributed by atoms with van der Waals surface area (Å²) in [4.78, 5) is 4.39. The second-order valence-electron chi connectivity index (χ2n) is 5.01. The van der Waals surface area contributed by atoms with Crippen LogP contribution in [0.4, 0.5) is 0 Å². The Morgan fingerprint density at radius 1 is 1.32 bits per heavy atom. The van der Waals surface area contributed by atoms with Crippen molar-refractivity contribution in [3.05, 3.63) is 47.6 Å². The molecule has 2 aromatic rings. The van der Waals surface area contributed by atoms with Crippen LogP contribution in [0.2, 0.25) is 0 Å². The van der Waals surface area contributed by atoms with E-state index in [0.717, 1.165) is 5.56 Å². The number of hydrogen-bond donors (Lipinski definition) is 1. The molecule has 0 saturated heterocycles. The van der Waals surface area contributed by atoms with Crippen LogP contribution in [0.25, 0.3) is 0 Å². The molecule has 0 aliphatic rings. The van der Waals surface area contributed by atoms with Crippen molar-refractivity contribution in [1.29, 1.82) is 0 Å². The summed E-state index contributed by atoms with van der Waals surface area (Å²) in [6.45, 7) is 4.46. The highest BCUT2D eigenvalue weighted by atomic mass is 16.5. The van der Waals surface area contributed by atoms with Crippen LogP contribution in [0, 0.1) is 0 Å². The zero-order valence-electron chi connectivity index (χ0n) is 11.5. The lowest BCUT2D eigenvalue weighted by atomic mass is 9.84. The molecule has 1 unspecified atom stereocenters. The summed E-state index contributed by atoms with van der Waals surface area (Å²) < 4.78 is 10.2. The van der Waals surface area contributed by atoms with Gasteiger partial charge >= 0.3 is 0 Å². The van der Waals surface area contributed by atoms with E-state index in [0.29, 0.717) is 18.3 Å². The number of ether oxygens (including phenoxy) is 1. The summed E-state index contributed by atoms with van der Waals surface area (Å²) >= 11 is 0. The first kappa shape index (κ1) is 13.7. The molecule has 2 N–H and O–H groups in total. The van der Waals surface area contributed by atoms with Gasteiger partial charge in [-0.25, -0.2) is 0 Å². The number of benzene rings is 1. The van der Waals surface area contributed by atoms with Crippen LogP contribution in [-0.2, 0) is 10.2 Å².